The molecule has 0 aliphatic carbocycles. The van der Waals surface area contributed by atoms with E-state index in [-0.39, 0.29) is 24.3 Å². The molecule has 0 spiro atoms. The molecular formula is C12H25ClN2O3S. The second-order valence-corrected chi connectivity index (χ2v) is 7.36. The van der Waals surface area contributed by atoms with Gasteiger partial charge in [-0.2, -0.15) is 0 Å². The minimum atomic E-state index is -3.15. The molecule has 114 valence electrons. The van der Waals surface area contributed by atoms with Crippen molar-refractivity contribution in [3.63, 3.8) is 0 Å². The third-order valence-corrected chi connectivity index (χ3v) is 5.92. The van der Waals surface area contributed by atoms with Crippen LogP contribution in [-0.4, -0.2) is 50.8 Å². The average molecular weight is 313 g/mol. The van der Waals surface area contributed by atoms with E-state index >= 15 is 0 Å². The third kappa shape index (κ3) is 4.86. The fourth-order valence-corrected chi connectivity index (χ4v) is 4.41. The molecule has 7 heteroatoms. The minimum Gasteiger partial charge on any atom is -0.377 e. The Labute approximate surface area is 122 Å². The number of ether oxygens (including phenoxy) is 1. The lowest BCUT2D eigenvalue weighted by atomic mass is 9.99. The molecule has 2 heterocycles. The third-order valence-electron chi connectivity index (χ3n) is 3.97. The second-order valence-electron chi connectivity index (χ2n) is 5.35. The lowest BCUT2D eigenvalue weighted by molar-refractivity contribution is 0.0297. The Balaban J connectivity index is 0.00000180. The first-order valence-corrected chi connectivity index (χ1v) is 8.52. The van der Waals surface area contributed by atoms with Gasteiger partial charge in [0.2, 0.25) is 10.0 Å². The van der Waals surface area contributed by atoms with Crippen LogP contribution in [0, 0.1) is 5.92 Å². The summed E-state index contributed by atoms with van der Waals surface area (Å²) in [7, 11) is -3.15. The summed E-state index contributed by atoms with van der Waals surface area (Å²) < 4.78 is 31.7. The van der Waals surface area contributed by atoms with Crippen molar-refractivity contribution in [1.82, 2.24) is 4.31 Å². The summed E-state index contributed by atoms with van der Waals surface area (Å²) in [6, 6.07) is 0. The fourth-order valence-electron chi connectivity index (χ4n) is 2.70. The molecule has 2 rings (SSSR count). The highest BCUT2D eigenvalue weighted by Gasteiger charge is 2.30. The lowest BCUT2D eigenvalue weighted by Crippen LogP contribution is -2.43. The molecule has 0 saturated carbocycles. The first kappa shape index (κ1) is 17.2. The number of sulfonamides is 1. The van der Waals surface area contributed by atoms with Gasteiger partial charge in [0.1, 0.15) is 0 Å². The Morgan fingerprint density at radius 3 is 2.37 bits per heavy atom. The van der Waals surface area contributed by atoms with E-state index in [0.717, 1.165) is 32.1 Å². The molecule has 2 aliphatic rings. The van der Waals surface area contributed by atoms with Crippen LogP contribution in [0.4, 0.5) is 0 Å². The monoisotopic (exact) mass is 312 g/mol. The van der Waals surface area contributed by atoms with Gasteiger partial charge >= 0.3 is 0 Å². The van der Waals surface area contributed by atoms with Crippen molar-refractivity contribution in [3.8, 4) is 0 Å². The van der Waals surface area contributed by atoms with Gasteiger partial charge in [-0.05, 0) is 44.6 Å². The molecule has 0 aromatic rings. The lowest BCUT2D eigenvalue weighted by Gasteiger charge is -2.32. The number of nitrogens with zero attached hydrogens (tertiary/aromatic N) is 1. The maximum absolute atomic E-state index is 12.3. The number of rotatable bonds is 4. The number of hydrogen-bond acceptors (Lipinski definition) is 4. The van der Waals surface area contributed by atoms with E-state index in [0.29, 0.717) is 32.2 Å². The van der Waals surface area contributed by atoms with Gasteiger partial charge in [-0.25, -0.2) is 12.7 Å². The molecule has 1 atom stereocenters. The highest BCUT2D eigenvalue weighted by Crippen LogP contribution is 2.21. The van der Waals surface area contributed by atoms with Crippen LogP contribution in [0.5, 0.6) is 0 Å². The van der Waals surface area contributed by atoms with Crippen molar-refractivity contribution < 1.29 is 13.2 Å². The van der Waals surface area contributed by atoms with Crippen molar-refractivity contribution in [1.29, 1.82) is 0 Å². The molecule has 1 unspecified atom stereocenters. The molecule has 0 aromatic heterocycles. The van der Waals surface area contributed by atoms with Crippen LogP contribution < -0.4 is 5.73 Å². The first-order chi connectivity index (χ1) is 8.62. The van der Waals surface area contributed by atoms with E-state index in [1.165, 1.54) is 0 Å². The van der Waals surface area contributed by atoms with Gasteiger partial charge in [-0.15, -0.1) is 12.4 Å². The van der Waals surface area contributed by atoms with Gasteiger partial charge in [-0.1, -0.05) is 0 Å². The number of hydrogen-bond donors (Lipinski definition) is 1. The summed E-state index contributed by atoms with van der Waals surface area (Å²) in [5.41, 5.74) is 5.62. The van der Waals surface area contributed by atoms with Crippen molar-refractivity contribution in [3.05, 3.63) is 0 Å². The van der Waals surface area contributed by atoms with Crippen molar-refractivity contribution in [2.45, 2.75) is 38.2 Å². The van der Waals surface area contributed by atoms with Crippen molar-refractivity contribution in [2.75, 3.05) is 32.0 Å². The Morgan fingerprint density at radius 1 is 1.16 bits per heavy atom. The molecule has 2 saturated heterocycles. The highest BCUT2D eigenvalue weighted by atomic mass is 35.5. The van der Waals surface area contributed by atoms with Gasteiger partial charge in [0.05, 0.1) is 11.9 Å². The van der Waals surface area contributed by atoms with E-state index in [1.54, 1.807) is 4.31 Å². The predicted octanol–water partition coefficient (Wildman–Crippen LogP) is 0.978. The largest absolute Gasteiger partial charge is 0.377 e. The average Bonchev–Trinajstić information content (AvgIpc) is 2.39. The molecule has 19 heavy (non-hydrogen) atoms. The standard InChI is InChI=1S/C12H24N2O3S.ClH/c13-9-11-4-6-14(7-5-11)18(15,16)10-12-3-1-2-8-17-12;/h11-12H,1-10,13H2;1H. The van der Waals surface area contributed by atoms with Crippen LogP contribution in [0.2, 0.25) is 0 Å². The summed E-state index contributed by atoms with van der Waals surface area (Å²) in [6.07, 6.45) is 4.69. The molecule has 0 bridgehead atoms. The van der Waals surface area contributed by atoms with Crippen LogP contribution in [0.1, 0.15) is 32.1 Å². The maximum atomic E-state index is 12.3. The van der Waals surface area contributed by atoms with Gasteiger partial charge in [0, 0.05) is 19.7 Å². The molecule has 2 fully saturated rings. The van der Waals surface area contributed by atoms with Crippen molar-refractivity contribution >= 4 is 22.4 Å². The van der Waals surface area contributed by atoms with Crippen molar-refractivity contribution in [2.24, 2.45) is 11.7 Å². The quantitative estimate of drug-likeness (QED) is 0.840. The van der Waals surface area contributed by atoms with Crippen LogP contribution >= 0.6 is 12.4 Å². The van der Waals surface area contributed by atoms with Gasteiger partial charge in [-0.3, -0.25) is 0 Å². The van der Waals surface area contributed by atoms with Gasteiger partial charge in [0.25, 0.3) is 0 Å². The summed E-state index contributed by atoms with van der Waals surface area (Å²) in [6.45, 7) is 2.61. The number of nitrogens with two attached hydrogens (primary N) is 1. The minimum absolute atomic E-state index is 0. The van der Waals surface area contributed by atoms with Gasteiger partial charge in [0.15, 0.2) is 0 Å². The zero-order valence-corrected chi connectivity index (χ0v) is 12.9. The molecule has 0 amide bonds. The first-order valence-electron chi connectivity index (χ1n) is 6.91. The van der Waals surface area contributed by atoms with Crippen LogP contribution in [0.15, 0.2) is 0 Å². The molecular weight excluding hydrogens is 288 g/mol. The Morgan fingerprint density at radius 2 is 1.84 bits per heavy atom. The van der Waals surface area contributed by atoms with Gasteiger partial charge < -0.3 is 10.5 Å². The second kappa shape index (κ2) is 7.78. The Kier molecular flexibility index (Phi) is 7.04. The van der Waals surface area contributed by atoms with E-state index < -0.39 is 10.0 Å². The van der Waals surface area contributed by atoms with Crippen LogP contribution in [0.3, 0.4) is 0 Å². The van der Waals surface area contributed by atoms with E-state index in [4.69, 9.17) is 10.5 Å². The summed E-state index contributed by atoms with van der Waals surface area (Å²) >= 11 is 0. The zero-order valence-electron chi connectivity index (χ0n) is 11.3. The molecule has 0 aromatic carbocycles. The van der Waals surface area contributed by atoms with Crippen LogP contribution in [0.25, 0.3) is 0 Å². The Hall–Kier alpha value is 0.120. The van der Waals surface area contributed by atoms with E-state index in [9.17, 15) is 8.42 Å². The molecule has 0 radical (unpaired) electrons. The predicted molar refractivity (Wildman–Crippen MR) is 78.0 cm³/mol. The highest BCUT2D eigenvalue weighted by molar-refractivity contribution is 7.89. The topological polar surface area (TPSA) is 72.6 Å². The molecule has 2 N–H and O–H groups in total. The summed E-state index contributed by atoms with van der Waals surface area (Å²) in [4.78, 5) is 0. The smallest absolute Gasteiger partial charge is 0.216 e. The zero-order chi connectivity index (χ0) is 13.0. The summed E-state index contributed by atoms with van der Waals surface area (Å²) in [5, 5.41) is 0. The maximum Gasteiger partial charge on any atom is 0.216 e. The Bertz CT molecular complexity index is 350. The van der Waals surface area contributed by atoms with Crippen LogP contribution in [-0.2, 0) is 14.8 Å². The fraction of sp³-hybridized carbons (Fsp3) is 1.00. The van der Waals surface area contributed by atoms with E-state index in [1.807, 2.05) is 0 Å². The normalized spacial score (nSPS) is 26.9. The number of halogens is 1. The SMILES string of the molecule is Cl.NCC1CCN(S(=O)(=O)CC2CCCCO2)CC1. The molecule has 5 nitrogen and oxygen atoms in total. The molecule has 2 aliphatic heterocycles. The van der Waals surface area contributed by atoms with E-state index in [2.05, 4.69) is 0 Å². The summed E-state index contributed by atoms with van der Waals surface area (Å²) in [5.74, 6) is 0.641. The number of piperidine rings is 1.